The van der Waals surface area contributed by atoms with Crippen LogP contribution in [0.15, 0.2) is 24.5 Å². The summed E-state index contributed by atoms with van der Waals surface area (Å²) in [5, 5.41) is 0. The van der Waals surface area contributed by atoms with E-state index < -0.39 is 0 Å². The number of hydrogen-bond donors (Lipinski definition) is 1. The maximum atomic E-state index is 12.0. The number of aromatic nitrogens is 1. The van der Waals surface area contributed by atoms with Crippen molar-refractivity contribution < 1.29 is 9.63 Å². The molecular weight excluding hydrogens is 206 g/mol. The third-order valence-electron chi connectivity index (χ3n) is 2.83. The van der Waals surface area contributed by atoms with E-state index in [1.54, 1.807) is 24.5 Å². The van der Waals surface area contributed by atoms with Crippen molar-refractivity contribution in [1.29, 1.82) is 0 Å². The number of nitrogens with zero attached hydrogens (tertiary/aromatic N) is 2. The Morgan fingerprint density at radius 3 is 2.81 bits per heavy atom. The van der Waals surface area contributed by atoms with Crippen LogP contribution in [0.3, 0.4) is 0 Å². The van der Waals surface area contributed by atoms with Crippen LogP contribution < -0.4 is 5.90 Å². The molecule has 1 aliphatic rings. The minimum atomic E-state index is 0.0311. The van der Waals surface area contributed by atoms with Gasteiger partial charge in [0.15, 0.2) is 0 Å². The van der Waals surface area contributed by atoms with Crippen molar-refractivity contribution in [2.24, 2.45) is 5.90 Å². The SMILES string of the molecule is NOC1CCN(C(=O)c2cccnc2)CC1. The molecule has 2 N–H and O–H groups in total. The fourth-order valence-corrected chi connectivity index (χ4v) is 1.87. The van der Waals surface area contributed by atoms with Gasteiger partial charge in [-0.3, -0.25) is 9.78 Å². The molecule has 2 rings (SSSR count). The first-order valence-corrected chi connectivity index (χ1v) is 5.36. The van der Waals surface area contributed by atoms with Gasteiger partial charge in [-0.25, -0.2) is 5.90 Å². The van der Waals surface area contributed by atoms with Crippen LogP contribution in [-0.4, -0.2) is 35.0 Å². The Balaban J connectivity index is 1.97. The van der Waals surface area contributed by atoms with Gasteiger partial charge in [-0.15, -0.1) is 0 Å². The van der Waals surface area contributed by atoms with Crippen LogP contribution >= 0.6 is 0 Å². The van der Waals surface area contributed by atoms with E-state index in [4.69, 9.17) is 10.7 Å². The van der Waals surface area contributed by atoms with Crippen molar-refractivity contribution in [1.82, 2.24) is 9.88 Å². The van der Waals surface area contributed by atoms with E-state index in [9.17, 15) is 4.79 Å². The lowest BCUT2D eigenvalue weighted by molar-refractivity contribution is 0.00780. The van der Waals surface area contributed by atoms with Crippen LogP contribution in [0, 0.1) is 0 Å². The highest BCUT2D eigenvalue weighted by molar-refractivity contribution is 5.93. The molecule has 0 aromatic carbocycles. The topological polar surface area (TPSA) is 68.5 Å². The molecule has 5 nitrogen and oxygen atoms in total. The molecule has 0 unspecified atom stereocenters. The average Bonchev–Trinajstić information content (AvgIpc) is 2.39. The number of amides is 1. The van der Waals surface area contributed by atoms with Crippen LogP contribution in [0.2, 0.25) is 0 Å². The molecule has 16 heavy (non-hydrogen) atoms. The van der Waals surface area contributed by atoms with E-state index in [-0.39, 0.29) is 12.0 Å². The summed E-state index contributed by atoms with van der Waals surface area (Å²) in [5.41, 5.74) is 0.634. The zero-order valence-corrected chi connectivity index (χ0v) is 9.00. The van der Waals surface area contributed by atoms with Gasteiger partial charge in [-0.2, -0.15) is 0 Å². The number of hydrogen-bond acceptors (Lipinski definition) is 4. The molecule has 0 atom stereocenters. The minimum absolute atomic E-state index is 0.0311. The van der Waals surface area contributed by atoms with Gasteiger partial charge in [0.25, 0.3) is 5.91 Å². The Kier molecular flexibility index (Phi) is 3.48. The summed E-state index contributed by atoms with van der Waals surface area (Å²) in [6, 6.07) is 3.55. The lowest BCUT2D eigenvalue weighted by atomic mass is 10.1. The van der Waals surface area contributed by atoms with Gasteiger partial charge in [0.2, 0.25) is 0 Å². The van der Waals surface area contributed by atoms with Crippen LogP contribution in [0.4, 0.5) is 0 Å². The van der Waals surface area contributed by atoms with Crippen molar-refractivity contribution in [2.45, 2.75) is 18.9 Å². The number of carbonyl (C=O) groups excluding carboxylic acids is 1. The highest BCUT2D eigenvalue weighted by Crippen LogP contribution is 2.14. The molecule has 0 saturated carbocycles. The first-order valence-electron chi connectivity index (χ1n) is 5.36. The molecule has 0 aliphatic carbocycles. The van der Waals surface area contributed by atoms with E-state index in [2.05, 4.69) is 4.98 Å². The fourth-order valence-electron chi connectivity index (χ4n) is 1.87. The van der Waals surface area contributed by atoms with Gasteiger partial charge < -0.3 is 9.74 Å². The van der Waals surface area contributed by atoms with Crippen molar-refractivity contribution >= 4 is 5.91 Å². The largest absolute Gasteiger partial charge is 0.338 e. The molecule has 86 valence electrons. The number of rotatable bonds is 2. The van der Waals surface area contributed by atoms with Gasteiger partial charge >= 0.3 is 0 Å². The highest BCUT2D eigenvalue weighted by atomic mass is 16.6. The number of nitrogens with two attached hydrogens (primary N) is 1. The Labute approximate surface area is 94.2 Å². The molecule has 1 aromatic heterocycles. The molecule has 1 aliphatic heterocycles. The molecule has 0 radical (unpaired) electrons. The zero-order chi connectivity index (χ0) is 11.4. The molecule has 0 bridgehead atoms. The van der Waals surface area contributed by atoms with Crippen molar-refractivity contribution in [3.63, 3.8) is 0 Å². The lowest BCUT2D eigenvalue weighted by Gasteiger charge is -2.30. The van der Waals surface area contributed by atoms with Crippen LogP contribution in [0.25, 0.3) is 0 Å². The maximum absolute atomic E-state index is 12.0. The van der Waals surface area contributed by atoms with E-state index >= 15 is 0 Å². The van der Waals surface area contributed by atoms with E-state index in [1.807, 2.05) is 4.90 Å². The van der Waals surface area contributed by atoms with Crippen LogP contribution in [-0.2, 0) is 4.84 Å². The summed E-state index contributed by atoms with van der Waals surface area (Å²) in [6.07, 6.45) is 4.92. The Hall–Kier alpha value is -1.46. The standard InChI is InChI=1S/C11H15N3O2/c12-16-10-3-6-14(7-4-10)11(15)9-2-1-5-13-8-9/h1-2,5,8,10H,3-4,6-7,12H2. The Morgan fingerprint density at radius 1 is 1.50 bits per heavy atom. The summed E-state index contributed by atoms with van der Waals surface area (Å²) in [4.78, 5) is 22.5. The molecule has 0 spiro atoms. The third-order valence-corrected chi connectivity index (χ3v) is 2.83. The van der Waals surface area contributed by atoms with Crippen molar-refractivity contribution in [2.75, 3.05) is 13.1 Å². The first-order chi connectivity index (χ1) is 7.81. The van der Waals surface area contributed by atoms with E-state index in [1.165, 1.54) is 0 Å². The quantitative estimate of drug-likeness (QED) is 0.741. The summed E-state index contributed by atoms with van der Waals surface area (Å²) >= 11 is 0. The van der Waals surface area contributed by atoms with Crippen LogP contribution in [0.1, 0.15) is 23.2 Å². The molecule has 1 fully saturated rings. The smallest absolute Gasteiger partial charge is 0.255 e. The Morgan fingerprint density at radius 2 is 2.25 bits per heavy atom. The third kappa shape index (κ3) is 2.37. The lowest BCUT2D eigenvalue weighted by Crippen LogP contribution is -2.41. The highest BCUT2D eigenvalue weighted by Gasteiger charge is 2.23. The molecule has 1 saturated heterocycles. The van der Waals surface area contributed by atoms with E-state index in [0.29, 0.717) is 18.7 Å². The summed E-state index contributed by atoms with van der Waals surface area (Å²) in [5.74, 6) is 5.15. The number of pyridine rings is 1. The van der Waals surface area contributed by atoms with E-state index in [0.717, 1.165) is 12.8 Å². The predicted molar refractivity (Wildman–Crippen MR) is 58.4 cm³/mol. The molecular formula is C11H15N3O2. The molecule has 1 amide bonds. The zero-order valence-electron chi connectivity index (χ0n) is 9.00. The maximum Gasteiger partial charge on any atom is 0.255 e. The average molecular weight is 221 g/mol. The van der Waals surface area contributed by atoms with Gasteiger partial charge in [0.05, 0.1) is 11.7 Å². The van der Waals surface area contributed by atoms with Gasteiger partial charge in [0.1, 0.15) is 0 Å². The second-order valence-electron chi connectivity index (χ2n) is 3.87. The first kappa shape index (κ1) is 11.0. The van der Waals surface area contributed by atoms with Crippen molar-refractivity contribution in [3.05, 3.63) is 30.1 Å². The number of carbonyl (C=O) groups is 1. The van der Waals surface area contributed by atoms with Crippen LogP contribution in [0.5, 0.6) is 0 Å². The summed E-state index contributed by atoms with van der Waals surface area (Å²) < 4.78 is 0. The number of piperidine rings is 1. The number of likely N-dealkylation sites (tertiary alicyclic amines) is 1. The van der Waals surface area contributed by atoms with Gasteiger partial charge in [-0.1, -0.05) is 0 Å². The summed E-state index contributed by atoms with van der Waals surface area (Å²) in [7, 11) is 0. The van der Waals surface area contributed by atoms with Gasteiger partial charge in [0, 0.05) is 25.5 Å². The predicted octanol–water partition coefficient (Wildman–Crippen LogP) is 0.576. The second kappa shape index (κ2) is 5.05. The molecule has 2 heterocycles. The van der Waals surface area contributed by atoms with Gasteiger partial charge in [-0.05, 0) is 25.0 Å². The molecule has 5 heteroatoms. The minimum Gasteiger partial charge on any atom is -0.338 e. The fraction of sp³-hybridized carbons (Fsp3) is 0.455. The normalized spacial score (nSPS) is 17.4. The Bertz CT molecular complexity index is 348. The molecule has 1 aromatic rings. The second-order valence-corrected chi connectivity index (χ2v) is 3.87. The van der Waals surface area contributed by atoms with Crippen molar-refractivity contribution in [3.8, 4) is 0 Å². The monoisotopic (exact) mass is 221 g/mol. The summed E-state index contributed by atoms with van der Waals surface area (Å²) in [6.45, 7) is 1.38.